The first-order valence-electron chi connectivity index (χ1n) is 9.46. The number of hydrogen-bond acceptors (Lipinski definition) is 6. The molecule has 156 valence electrons. The Bertz CT molecular complexity index is 1110. The van der Waals surface area contributed by atoms with Crippen LogP contribution in [0.15, 0.2) is 76.9 Å². The van der Waals surface area contributed by atoms with Crippen molar-refractivity contribution in [1.82, 2.24) is 5.32 Å². The van der Waals surface area contributed by atoms with E-state index >= 15 is 0 Å². The molecule has 0 fully saturated rings. The molecule has 1 aromatic heterocycles. The van der Waals surface area contributed by atoms with Gasteiger partial charge >= 0.3 is 5.97 Å². The van der Waals surface area contributed by atoms with Crippen LogP contribution in [0.4, 0.5) is 0 Å². The van der Waals surface area contributed by atoms with Crippen LogP contribution in [0, 0.1) is 18.3 Å². The van der Waals surface area contributed by atoms with Crippen molar-refractivity contribution >= 4 is 18.0 Å². The average molecular weight is 416 g/mol. The van der Waals surface area contributed by atoms with Gasteiger partial charge < -0.3 is 19.2 Å². The smallest absolute Gasteiger partial charge is 0.349 e. The number of ether oxygens (including phenoxy) is 2. The zero-order valence-corrected chi connectivity index (χ0v) is 16.8. The summed E-state index contributed by atoms with van der Waals surface area (Å²) >= 11 is 0. The van der Waals surface area contributed by atoms with Crippen LogP contribution in [0.1, 0.15) is 16.9 Å². The average Bonchev–Trinajstić information content (AvgIpc) is 3.29. The van der Waals surface area contributed by atoms with Crippen molar-refractivity contribution in [2.45, 2.75) is 13.5 Å². The third-order valence-electron chi connectivity index (χ3n) is 4.14. The molecule has 0 atom stereocenters. The third kappa shape index (κ3) is 6.61. The predicted molar refractivity (Wildman–Crippen MR) is 113 cm³/mol. The lowest BCUT2D eigenvalue weighted by Gasteiger charge is -2.07. The molecule has 1 N–H and O–H groups in total. The van der Waals surface area contributed by atoms with E-state index in [4.69, 9.17) is 13.9 Å². The van der Waals surface area contributed by atoms with Crippen molar-refractivity contribution < 1.29 is 23.5 Å². The number of nitriles is 1. The number of carbonyl (C=O) groups excluding carboxylic acids is 2. The number of furan rings is 1. The van der Waals surface area contributed by atoms with E-state index in [1.54, 1.807) is 42.5 Å². The van der Waals surface area contributed by atoms with Crippen LogP contribution in [-0.4, -0.2) is 18.5 Å². The topological polar surface area (TPSA) is 102 Å². The lowest BCUT2D eigenvalue weighted by molar-refractivity contribution is -0.136. The number of aryl methyl sites for hydroxylation is 1. The van der Waals surface area contributed by atoms with Crippen molar-refractivity contribution in [3.8, 4) is 17.6 Å². The summed E-state index contributed by atoms with van der Waals surface area (Å²) < 4.78 is 15.8. The molecule has 2 aromatic carbocycles. The van der Waals surface area contributed by atoms with Crippen LogP contribution in [0.3, 0.4) is 0 Å². The minimum absolute atomic E-state index is 0.0529. The Labute approximate surface area is 179 Å². The van der Waals surface area contributed by atoms with Crippen molar-refractivity contribution in [2.24, 2.45) is 0 Å². The third-order valence-corrected chi connectivity index (χ3v) is 4.14. The lowest BCUT2D eigenvalue weighted by atomic mass is 10.1. The van der Waals surface area contributed by atoms with Crippen LogP contribution < -0.4 is 14.8 Å². The van der Waals surface area contributed by atoms with Gasteiger partial charge in [0.05, 0.1) is 12.8 Å². The van der Waals surface area contributed by atoms with E-state index in [0.29, 0.717) is 22.8 Å². The maximum Gasteiger partial charge on any atom is 0.349 e. The van der Waals surface area contributed by atoms with Gasteiger partial charge in [0.15, 0.2) is 6.61 Å². The summed E-state index contributed by atoms with van der Waals surface area (Å²) in [4.78, 5) is 24.1. The van der Waals surface area contributed by atoms with Crippen molar-refractivity contribution in [2.75, 3.05) is 6.61 Å². The summed E-state index contributed by atoms with van der Waals surface area (Å²) in [5.41, 5.74) is 1.59. The summed E-state index contributed by atoms with van der Waals surface area (Å²) in [5, 5.41) is 11.9. The molecular weight excluding hydrogens is 396 g/mol. The van der Waals surface area contributed by atoms with E-state index in [1.807, 2.05) is 31.2 Å². The van der Waals surface area contributed by atoms with E-state index in [-0.39, 0.29) is 18.7 Å². The summed E-state index contributed by atoms with van der Waals surface area (Å²) in [6, 6.07) is 19.1. The number of carbonyl (C=O) groups is 2. The second kappa shape index (κ2) is 10.5. The molecule has 0 aliphatic rings. The number of nitrogens with one attached hydrogen (secondary N) is 1. The highest BCUT2D eigenvalue weighted by Crippen LogP contribution is 2.16. The fourth-order valence-corrected chi connectivity index (χ4v) is 2.63. The highest BCUT2D eigenvalue weighted by atomic mass is 16.6. The van der Waals surface area contributed by atoms with Crippen LogP contribution in [-0.2, 0) is 16.1 Å². The monoisotopic (exact) mass is 416 g/mol. The standard InChI is InChI=1S/C24H20N2O5/c1-17-4-2-5-21(12-17)30-16-23(27)31-20-9-7-18(8-10-20)13-19(14-25)24(28)26-15-22-6-3-11-29-22/h2-13H,15-16H2,1H3,(H,26,28)/b19-13+. The first-order valence-corrected chi connectivity index (χ1v) is 9.46. The van der Waals surface area contributed by atoms with Gasteiger partial charge in [-0.15, -0.1) is 0 Å². The second-order valence-electron chi connectivity index (χ2n) is 6.58. The van der Waals surface area contributed by atoms with Gasteiger partial charge in [-0.25, -0.2) is 4.79 Å². The zero-order chi connectivity index (χ0) is 22.1. The van der Waals surface area contributed by atoms with Crippen molar-refractivity contribution in [3.63, 3.8) is 0 Å². The Morgan fingerprint density at radius 2 is 1.90 bits per heavy atom. The fourth-order valence-electron chi connectivity index (χ4n) is 2.63. The van der Waals surface area contributed by atoms with Gasteiger partial charge in [-0.05, 0) is 60.5 Å². The van der Waals surface area contributed by atoms with E-state index in [9.17, 15) is 14.9 Å². The molecule has 1 heterocycles. The second-order valence-corrected chi connectivity index (χ2v) is 6.58. The molecule has 31 heavy (non-hydrogen) atoms. The normalized spacial score (nSPS) is 10.8. The molecule has 7 nitrogen and oxygen atoms in total. The molecule has 7 heteroatoms. The number of benzene rings is 2. The Hall–Kier alpha value is -4.31. The molecule has 0 radical (unpaired) electrons. The molecule has 0 saturated heterocycles. The minimum Gasteiger partial charge on any atom is -0.482 e. The Morgan fingerprint density at radius 1 is 1.10 bits per heavy atom. The van der Waals surface area contributed by atoms with E-state index < -0.39 is 11.9 Å². The molecule has 3 aromatic rings. The van der Waals surface area contributed by atoms with Gasteiger partial charge in [-0.2, -0.15) is 5.26 Å². The van der Waals surface area contributed by atoms with Crippen LogP contribution in [0.25, 0.3) is 6.08 Å². The van der Waals surface area contributed by atoms with E-state index in [2.05, 4.69) is 5.32 Å². The van der Waals surface area contributed by atoms with Gasteiger partial charge in [-0.3, -0.25) is 4.79 Å². The highest BCUT2D eigenvalue weighted by molar-refractivity contribution is 6.01. The molecule has 0 unspecified atom stereocenters. The quantitative estimate of drug-likeness (QED) is 0.259. The maximum absolute atomic E-state index is 12.2. The molecule has 0 aliphatic heterocycles. The molecule has 3 rings (SSSR count). The molecule has 0 spiro atoms. The van der Waals surface area contributed by atoms with Gasteiger partial charge in [-0.1, -0.05) is 24.3 Å². The molecule has 1 amide bonds. The van der Waals surface area contributed by atoms with E-state index in [0.717, 1.165) is 5.56 Å². The SMILES string of the molecule is Cc1cccc(OCC(=O)Oc2ccc(/C=C(\C#N)C(=O)NCc3ccco3)cc2)c1. The molecular formula is C24H20N2O5. The Balaban J connectivity index is 1.53. The molecule has 0 aliphatic carbocycles. The lowest BCUT2D eigenvalue weighted by Crippen LogP contribution is -2.23. The highest BCUT2D eigenvalue weighted by Gasteiger charge is 2.10. The van der Waals surface area contributed by atoms with Gasteiger partial charge in [0.2, 0.25) is 0 Å². The number of nitrogens with zero attached hydrogens (tertiary/aromatic N) is 1. The number of hydrogen-bond donors (Lipinski definition) is 1. The number of amides is 1. The Morgan fingerprint density at radius 3 is 2.58 bits per heavy atom. The van der Waals surface area contributed by atoms with Crippen LogP contribution in [0.2, 0.25) is 0 Å². The van der Waals surface area contributed by atoms with Gasteiger partial charge in [0.25, 0.3) is 5.91 Å². The Kier molecular flexibility index (Phi) is 7.22. The first-order chi connectivity index (χ1) is 15.0. The number of rotatable bonds is 8. The maximum atomic E-state index is 12.2. The fraction of sp³-hybridized carbons (Fsp3) is 0.125. The van der Waals surface area contributed by atoms with Crippen molar-refractivity contribution in [3.05, 3.63) is 89.4 Å². The summed E-state index contributed by atoms with van der Waals surface area (Å²) in [6.45, 7) is 1.89. The largest absolute Gasteiger partial charge is 0.482 e. The van der Waals surface area contributed by atoms with Crippen LogP contribution >= 0.6 is 0 Å². The van der Waals surface area contributed by atoms with Gasteiger partial charge in [0, 0.05) is 0 Å². The summed E-state index contributed by atoms with van der Waals surface area (Å²) in [7, 11) is 0. The summed E-state index contributed by atoms with van der Waals surface area (Å²) in [5.74, 6) is 0.452. The molecule has 0 bridgehead atoms. The zero-order valence-electron chi connectivity index (χ0n) is 16.8. The van der Waals surface area contributed by atoms with E-state index in [1.165, 1.54) is 12.3 Å². The molecule has 0 saturated carbocycles. The van der Waals surface area contributed by atoms with Gasteiger partial charge in [0.1, 0.15) is 28.9 Å². The van der Waals surface area contributed by atoms with Crippen molar-refractivity contribution in [1.29, 1.82) is 5.26 Å². The first kappa shape index (κ1) is 21.4. The number of esters is 1. The van der Waals surface area contributed by atoms with Crippen LogP contribution in [0.5, 0.6) is 11.5 Å². The predicted octanol–water partition coefficient (Wildman–Crippen LogP) is 3.80. The summed E-state index contributed by atoms with van der Waals surface area (Å²) in [6.07, 6.45) is 2.95. The minimum atomic E-state index is -0.542.